The van der Waals surface area contributed by atoms with Crippen LogP contribution in [0.15, 0.2) is 42.5 Å². The molecule has 3 rings (SSSR count). The molecule has 2 aromatic rings. The van der Waals surface area contributed by atoms with Crippen molar-refractivity contribution in [2.75, 3.05) is 43.4 Å². The van der Waals surface area contributed by atoms with Gasteiger partial charge in [-0.2, -0.15) is 0 Å². The second kappa shape index (κ2) is 6.97. The molecule has 2 aromatic carbocycles. The number of rotatable bonds is 3. The topological polar surface area (TPSA) is 35.6 Å². The normalized spacial score (nSPS) is 15.4. The first kappa shape index (κ1) is 16.4. The van der Waals surface area contributed by atoms with Gasteiger partial charge < -0.3 is 15.1 Å². The second-order valence-corrected chi connectivity index (χ2v) is 5.89. The van der Waals surface area contributed by atoms with Crippen molar-refractivity contribution in [3.05, 3.63) is 59.7 Å². The van der Waals surface area contributed by atoms with Crippen LogP contribution in [0, 0.1) is 11.6 Å². The van der Waals surface area contributed by atoms with E-state index in [1.54, 1.807) is 0 Å². The predicted molar refractivity (Wildman–Crippen MR) is 90.5 cm³/mol. The second-order valence-electron chi connectivity index (χ2n) is 5.89. The van der Waals surface area contributed by atoms with Gasteiger partial charge in [-0.05, 0) is 37.4 Å². The van der Waals surface area contributed by atoms with Crippen molar-refractivity contribution < 1.29 is 13.6 Å². The highest BCUT2D eigenvalue weighted by Gasteiger charge is 2.18. The van der Waals surface area contributed by atoms with Crippen LogP contribution < -0.4 is 10.2 Å². The zero-order valence-corrected chi connectivity index (χ0v) is 13.4. The monoisotopic (exact) mass is 331 g/mol. The summed E-state index contributed by atoms with van der Waals surface area (Å²) < 4.78 is 26.3. The summed E-state index contributed by atoms with van der Waals surface area (Å²) in [5.41, 5.74) is 1.68. The summed E-state index contributed by atoms with van der Waals surface area (Å²) in [7, 11) is 2.08. The van der Waals surface area contributed by atoms with Crippen LogP contribution in [-0.2, 0) is 0 Å². The summed E-state index contributed by atoms with van der Waals surface area (Å²) in [5, 5.41) is 2.80. The van der Waals surface area contributed by atoms with Crippen LogP contribution in [0.25, 0.3) is 0 Å². The number of para-hydroxylation sites is 2. The lowest BCUT2D eigenvalue weighted by Crippen LogP contribution is -2.44. The molecule has 1 aliphatic rings. The number of hydrogen-bond donors (Lipinski definition) is 1. The lowest BCUT2D eigenvalue weighted by molar-refractivity contribution is 0.102. The van der Waals surface area contributed by atoms with Gasteiger partial charge in [0.25, 0.3) is 5.91 Å². The molecule has 1 amide bonds. The maximum atomic E-state index is 13.3. The van der Waals surface area contributed by atoms with Crippen molar-refractivity contribution in [2.24, 2.45) is 0 Å². The number of halogens is 2. The van der Waals surface area contributed by atoms with Gasteiger partial charge in [0.05, 0.1) is 11.4 Å². The number of anilines is 2. The highest BCUT2D eigenvalue weighted by Crippen LogP contribution is 2.27. The highest BCUT2D eigenvalue weighted by molar-refractivity contribution is 6.05. The fourth-order valence-electron chi connectivity index (χ4n) is 2.73. The van der Waals surface area contributed by atoms with Gasteiger partial charge in [-0.15, -0.1) is 0 Å². The largest absolute Gasteiger partial charge is 0.367 e. The number of piperazine rings is 1. The lowest BCUT2D eigenvalue weighted by Gasteiger charge is -2.35. The van der Waals surface area contributed by atoms with Crippen LogP contribution in [0.4, 0.5) is 20.2 Å². The SMILES string of the molecule is CN1CCN(c2ccccc2NC(=O)c2ccc(F)c(F)c2)CC1. The quantitative estimate of drug-likeness (QED) is 0.939. The van der Waals surface area contributed by atoms with E-state index in [2.05, 4.69) is 22.2 Å². The molecule has 24 heavy (non-hydrogen) atoms. The van der Waals surface area contributed by atoms with Gasteiger partial charge in [0, 0.05) is 31.7 Å². The number of hydrogen-bond acceptors (Lipinski definition) is 3. The fraction of sp³-hybridized carbons (Fsp3) is 0.278. The number of carbonyl (C=O) groups is 1. The summed E-state index contributed by atoms with van der Waals surface area (Å²) in [6.07, 6.45) is 0. The van der Waals surface area contributed by atoms with E-state index in [9.17, 15) is 13.6 Å². The van der Waals surface area contributed by atoms with Gasteiger partial charge in [0.2, 0.25) is 0 Å². The molecule has 0 unspecified atom stereocenters. The summed E-state index contributed by atoms with van der Waals surface area (Å²) in [4.78, 5) is 16.8. The molecule has 1 heterocycles. The van der Waals surface area contributed by atoms with Gasteiger partial charge >= 0.3 is 0 Å². The van der Waals surface area contributed by atoms with Crippen LogP contribution in [0.2, 0.25) is 0 Å². The first-order valence-corrected chi connectivity index (χ1v) is 7.83. The number of carbonyl (C=O) groups excluding carboxylic acids is 1. The fourth-order valence-corrected chi connectivity index (χ4v) is 2.73. The molecule has 0 spiro atoms. The molecule has 0 aliphatic carbocycles. The molecule has 0 aromatic heterocycles. The van der Waals surface area contributed by atoms with Gasteiger partial charge in [-0.3, -0.25) is 4.79 Å². The van der Waals surface area contributed by atoms with E-state index < -0.39 is 17.5 Å². The predicted octanol–water partition coefficient (Wildman–Crippen LogP) is 2.97. The highest BCUT2D eigenvalue weighted by atomic mass is 19.2. The molecular formula is C18H19F2N3O. The maximum Gasteiger partial charge on any atom is 0.255 e. The van der Waals surface area contributed by atoms with Crippen molar-refractivity contribution in [1.82, 2.24) is 4.90 Å². The minimum atomic E-state index is -1.03. The number of benzene rings is 2. The summed E-state index contributed by atoms with van der Waals surface area (Å²) >= 11 is 0. The average Bonchev–Trinajstić information content (AvgIpc) is 2.58. The van der Waals surface area contributed by atoms with Gasteiger partial charge in [0.15, 0.2) is 11.6 Å². The molecule has 4 nitrogen and oxygen atoms in total. The number of nitrogens with one attached hydrogen (secondary N) is 1. The minimum Gasteiger partial charge on any atom is -0.367 e. The Morgan fingerprint density at radius 3 is 2.42 bits per heavy atom. The van der Waals surface area contributed by atoms with Crippen LogP contribution in [0.5, 0.6) is 0 Å². The Morgan fingerprint density at radius 1 is 1.00 bits per heavy atom. The molecule has 126 valence electrons. The molecule has 0 atom stereocenters. The Balaban J connectivity index is 1.80. The molecule has 1 aliphatic heterocycles. The molecule has 0 bridgehead atoms. The minimum absolute atomic E-state index is 0.0853. The van der Waals surface area contributed by atoms with E-state index in [4.69, 9.17) is 0 Å². The Labute approximate surface area is 139 Å². The van der Waals surface area contributed by atoms with Crippen LogP contribution in [0.3, 0.4) is 0 Å². The van der Waals surface area contributed by atoms with E-state index in [0.717, 1.165) is 44.0 Å². The van der Waals surface area contributed by atoms with E-state index >= 15 is 0 Å². The standard InChI is InChI=1S/C18H19F2N3O/c1-22-8-10-23(11-9-22)17-5-3-2-4-16(17)21-18(24)13-6-7-14(19)15(20)12-13/h2-7,12H,8-11H2,1H3,(H,21,24). The smallest absolute Gasteiger partial charge is 0.255 e. The Kier molecular flexibility index (Phi) is 4.76. The van der Waals surface area contributed by atoms with E-state index in [1.165, 1.54) is 6.07 Å². The molecule has 6 heteroatoms. The molecule has 1 N–H and O–H groups in total. The first-order chi connectivity index (χ1) is 11.5. The number of nitrogens with zero attached hydrogens (tertiary/aromatic N) is 2. The van der Waals surface area contributed by atoms with Gasteiger partial charge in [-0.1, -0.05) is 12.1 Å². The molecule has 0 radical (unpaired) electrons. The average molecular weight is 331 g/mol. The number of likely N-dealkylation sites (N-methyl/N-ethyl adjacent to an activating group) is 1. The Morgan fingerprint density at radius 2 is 1.71 bits per heavy atom. The van der Waals surface area contributed by atoms with E-state index in [1.807, 2.05) is 24.3 Å². The van der Waals surface area contributed by atoms with Crippen LogP contribution in [-0.4, -0.2) is 44.0 Å². The van der Waals surface area contributed by atoms with Crippen LogP contribution in [0.1, 0.15) is 10.4 Å². The maximum absolute atomic E-state index is 13.3. The molecule has 1 fully saturated rings. The zero-order chi connectivity index (χ0) is 17.1. The Bertz CT molecular complexity index is 743. The Hall–Kier alpha value is -2.47. The molecular weight excluding hydrogens is 312 g/mol. The third kappa shape index (κ3) is 3.54. The third-order valence-corrected chi connectivity index (χ3v) is 4.18. The van der Waals surface area contributed by atoms with Gasteiger partial charge in [-0.25, -0.2) is 8.78 Å². The van der Waals surface area contributed by atoms with E-state index in [-0.39, 0.29) is 5.56 Å². The van der Waals surface area contributed by atoms with Crippen molar-refractivity contribution in [2.45, 2.75) is 0 Å². The van der Waals surface area contributed by atoms with E-state index in [0.29, 0.717) is 5.69 Å². The first-order valence-electron chi connectivity index (χ1n) is 7.83. The third-order valence-electron chi connectivity index (χ3n) is 4.18. The van der Waals surface area contributed by atoms with Crippen molar-refractivity contribution >= 4 is 17.3 Å². The molecule has 1 saturated heterocycles. The van der Waals surface area contributed by atoms with Crippen molar-refractivity contribution in [3.8, 4) is 0 Å². The molecule has 0 saturated carbocycles. The van der Waals surface area contributed by atoms with Crippen LogP contribution >= 0.6 is 0 Å². The van der Waals surface area contributed by atoms with Crippen molar-refractivity contribution in [3.63, 3.8) is 0 Å². The summed E-state index contributed by atoms with van der Waals surface area (Å²) in [5.74, 6) is -2.46. The summed E-state index contributed by atoms with van der Waals surface area (Å²) in [6, 6.07) is 10.6. The van der Waals surface area contributed by atoms with Gasteiger partial charge in [0.1, 0.15) is 0 Å². The number of amides is 1. The van der Waals surface area contributed by atoms with Crippen molar-refractivity contribution in [1.29, 1.82) is 0 Å². The lowest BCUT2D eigenvalue weighted by atomic mass is 10.1. The summed E-state index contributed by atoms with van der Waals surface area (Å²) in [6.45, 7) is 3.64. The zero-order valence-electron chi connectivity index (χ0n) is 13.4.